The fraction of sp³-hybridized carbons (Fsp3) is 0.588. The van der Waals surface area contributed by atoms with Crippen LogP contribution in [0.3, 0.4) is 0 Å². The maximum Gasteiger partial charge on any atom is 0.511 e. The molecule has 7 nitrogen and oxygen atoms in total. The van der Waals surface area contributed by atoms with Crippen molar-refractivity contribution in [3.05, 3.63) is 29.6 Å². The Balaban J connectivity index is 2.13. The second-order valence-corrected chi connectivity index (χ2v) is 8.28. The van der Waals surface area contributed by atoms with E-state index in [1.165, 1.54) is 37.1 Å². The smallest absolute Gasteiger partial charge is 0.483 e. The number of hydrogen-bond acceptors (Lipinski definition) is 5. The average Bonchev–Trinajstić information content (AvgIpc) is 2.63. The molecule has 0 aromatic heterocycles. The lowest BCUT2D eigenvalue weighted by Crippen LogP contribution is -2.60. The summed E-state index contributed by atoms with van der Waals surface area (Å²) in [4.78, 5) is 13.8. The number of amides is 1. The number of benzene rings is 1. The minimum atomic E-state index is -5.58. The first-order valence-corrected chi connectivity index (χ1v) is 10.2. The monoisotopic (exact) mass is 442 g/mol. The summed E-state index contributed by atoms with van der Waals surface area (Å²) >= 11 is 0. The number of alkyl halides is 3. The summed E-state index contributed by atoms with van der Waals surface area (Å²) in [5.74, 6) is -0.925. The van der Waals surface area contributed by atoms with E-state index < -0.39 is 45.9 Å². The van der Waals surface area contributed by atoms with Crippen LogP contribution in [-0.4, -0.2) is 63.7 Å². The molecule has 0 saturated carbocycles. The predicted octanol–water partition coefficient (Wildman–Crippen LogP) is 1.96. The van der Waals surface area contributed by atoms with Crippen LogP contribution < -0.4 is 9.46 Å². The third-order valence-corrected chi connectivity index (χ3v) is 5.84. The number of sulfonamides is 1. The second kappa shape index (κ2) is 9.26. The van der Waals surface area contributed by atoms with Crippen molar-refractivity contribution in [1.82, 2.24) is 9.62 Å². The lowest BCUT2D eigenvalue weighted by molar-refractivity contribution is -0.139. The van der Waals surface area contributed by atoms with E-state index in [0.717, 1.165) is 0 Å². The zero-order valence-corrected chi connectivity index (χ0v) is 16.6. The topological polar surface area (TPSA) is 84.9 Å². The Morgan fingerprint density at radius 3 is 2.66 bits per heavy atom. The van der Waals surface area contributed by atoms with Crippen molar-refractivity contribution in [1.29, 1.82) is 0 Å². The summed E-state index contributed by atoms with van der Waals surface area (Å²) in [6.45, 7) is 1.02. The van der Waals surface area contributed by atoms with Crippen molar-refractivity contribution < 1.29 is 40.2 Å². The lowest BCUT2D eigenvalue weighted by atomic mass is 9.97. The van der Waals surface area contributed by atoms with Crippen LogP contribution in [0.2, 0.25) is 0 Å². The first kappa shape index (κ1) is 23.4. The minimum absolute atomic E-state index is 0.108. The van der Waals surface area contributed by atoms with Crippen molar-refractivity contribution in [2.24, 2.45) is 0 Å². The fourth-order valence-electron chi connectivity index (χ4n) is 3.11. The number of carbonyl (C=O) groups is 1. The highest BCUT2D eigenvalue weighted by Crippen LogP contribution is 2.26. The SMILES string of the molecule is COC[C@H]1C(NS(=O)(=O)C(F)(F)F)CCCN1C(=O)COc1cccc(F)c1C. The van der Waals surface area contributed by atoms with Gasteiger partial charge in [-0.25, -0.2) is 17.5 Å². The van der Waals surface area contributed by atoms with Crippen molar-refractivity contribution in [3.8, 4) is 5.75 Å². The van der Waals surface area contributed by atoms with Gasteiger partial charge in [0.15, 0.2) is 6.61 Å². The number of ether oxygens (including phenoxy) is 2. The normalized spacial score (nSPS) is 20.6. The molecule has 1 saturated heterocycles. The van der Waals surface area contributed by atoms with Gasteiger partial charge >= 0.3 is 15.5 Å². The molecule has 12 heteroatoms. The Kier molecular flexibility index (Phi) is 7.46. The van der Waals surface area contributed by atoms with Crippen LogP contribution in [0.15, 0.2) is 18.2 Å². The fourth-order valence-corrected chi connectivity index (χ4v) is 3.92. The van der Waals surface area contributed by atoms with E-state index in [1.54, 1.807) is 4.72 Å². The Hall–Kier alpha value is -1.92. The molecule has 1 heterocycles. The van der Waals surface area contributed by atoms with E-state index in [-0.39, 0.29) is 37.3 Å². The largest absolute Gasteiger partial charge is 0.511 e. The van der Waals surface area contributed by atoms with E-state index in [0.29, 0.717) is 0 Å². The molecule has 1 fully saturated rings. The Labute approximate surface area is 166 Å². The highest BCUT2D eigenvalue weighted by molar-refractivity contribution is 7.90. The van der Waals surface area contributed by atoms with Crippen LogP contribution in [-0.2, 0) is 19.6 Å². The van der Waals surface area contributed by atoms with Crippen molar-refractivity contribution in [3.63, 3.8) is 0 Å². The summed E-state index contributed by atoms with van der Waals surface area (Å²) in [7, 11) is -4.29. The van der Waals surface area contributed by atoms with Crippen LogP contribution in [0.1, 0.15) is 18.4 Å². The number of methoxy groups -OCH3 is 1. The molecule has 164 valence electrons. The molecule has 2 rings (SSSR count). The van der Waals surface area contributed by atoms with Gasteiger partial charge in [-0.3, -0.25) is 4.79 Å². The molecule has 0 aliphatic carbocycles. The molecule has 0 bridgehead atoms. The number of piperidine rings is 1. The molecule has 29 heavy (non-hydrogen) atoms. The summed E-state index contributed by atoms with van der Waals surface area (Å²) in [5.41, 5.74) is -5.25. The van der Waals surface area contributed by atoms with Crippen molar-refractivity contribution in [2.45, 2.75) is 37.4 Å². The molecule has 1 aromatic rings. The average molecular weight is 442 g/mol. The molecule has 0 radical (unpaired) electrons. The van der Waals surface area contributed by atoms with Gasteiger partial charge in [0, 0.05) is 25.3 Å². The Morgan fingerprint density at radius 1 is 1.34 bits per heavy atom. The number of nitrogens with one attached hydrogen (secondary N) is 1. The van der Waals surface area contributed by atoms with Crippen LogP contribution in [0, 0.1) is 12.7 Å². The van der Waals surface area contributed by atoms with Crippen molar-refractivity contribution >= 4 is 15.9 Å². The van der Waals surface area contributed by atoms with Gasteiger partial charge in [-0.05, 0) is 31.9 Å². The lowest BCUT2D eigenvalue weighted by Gasteiger charge is -2.41. The number of nitrogens with zero attached hydrogens (tertiary/aromatic N) is 1. The summed E-state index contributed by atoms with van der Waals surface area (Å²) in [5, 5.41) is 0. The molecule has 1 amide bonds. The predicted molar refractivity (Wildman–Crippen MR) is 95.1 cm³/mol. The maximum atomic E-state index is 13.6. The van der Waals surface area contributed by atoms with E-state index >= 15 is 0 Å². The zero-order chi connectivity index (χ0) is 21.8. The summed E-state index contributed by atoms with van der Waals surface area (Å²) in [6, 6.07) is 2.01. The second-order valence-electron chi connectivity index (χ2n) is 6.58. The third-order valence-electron chi connectivity index (χ3n) is 4.62. The van der Waals surface area contributed by atoms with E-state index in [1.807, 2.05) is 0 Å². The molecular weight excluding hydrogens is 420 g/mol. The molecule has 1 unspecified atom stereocenters. The van der Waals surface area contributed by atoms with Gasteiger partial charge in [-0.2, -0.15) is 13.2 Å². The molecule has 2 atom stereocenters. The minimum Gasteiger partial charge on any atom is -0.483 e. The van der Waals surface area contributed by atoms with Crippen LogP contribution >= 0.6 is 0 Å². The summed E-state index contributed by atoms with van der Waals surface area (Å²) < 4.78 is 86.7. The molecular formula is C17H22F4N2O5S. The zero-order valence-electron chi connectivity index (χ0n) is 15.8. The van der Waals surface area contributed by atoms with Gasteiger partial charge in [0.2, 0.25) is 0 Å². The highest BCUT2D eigenvalue weighted by Gasteiger charge is 2.48. The molecule has 1 aliphatic rings. The Morgan fingerprint density at radius 2 is 2.03 bits per heavy atom. The summed E-state index contributed by atoms with van der Waals surface area (Å²) in [6.07, 6.45) is 0.396. The van der Waals surface area contributed by atoms with Crippen LogP contribution in [0.25, 0.3) is 0 Å². The number of hydrogen-bond donors (Lipinski definition) is 1. The van der Waals surface area contributed by atoms with Crippen LogP contribution in [0.4, 0.5) is 17.6 Å². The van der Waals surface area contributed by atoms with Gasteiger partial charge in [-0.15, -0.1) is 0 Å². The number of halogens is 4. The molecule has 0 spiro atoms. The molecule has 1 N–H and O–H groups in total. The Bertz CT molecular complexity index is 832. The van der Waals surface area contributed by atoms with Crippen LogP contribution in [0.5, 0.6) is 5.75 Å². The standard InChI is InChI=1S/C17H22F4N2O5S/c1-11-12(18)5-3-7-15(11)28-10-16(24)23-8-4-6-13(14(23)9-27-2)22-29(25,26)17(19,20)21/h3,5,7,13-14,22H,4,6,8-10H2,1-2H3/t13?,14-/m0/s1. The third kappa shape index (κ3) is 5.58. The van der Waals surface area contributed by atoms with Gasteiger partial charge in [-0.1, -0.05) is 6.07 Å². The van der Waals surface area contributed by atoms with Gasteiger partial charge in [0.1, 0.15) is 11.6 Å². The van der Waals surface area contributed by atoms with Gasteiger partial charge < -0.3 is 14.4 Å². The van der Waals surface area contributed by atoms with E-state index in [2.05, 4.69) is 0 Å². The number of likely N-dealkylation sites (tertiary alicyclic amines) is 1. The van der Waals surface area contributed by atoms with E-state index in [9.17, 15) is 30.8 Å². The highest BCUT2D eigenvalue weighted by atomic mass is 32.2. The van der Waals surface area contributed by atoms with Crippen molar-refractivity contribution in [2.75, 3.05) is 26.9 Å². The number of carbonyl (C=O) groups excluding carboxylic acids is 1. The van der Waals surface area contributed by atoms with Gasteiger partial charge in [0.05, 0.1) is 12.6 Å². The van der Waals surface area contributed by atoms with Gasteiger partial charge in [0.25, 0.3) is 5.91 Å². The quantitative estimate of drug-likeness (QED) is 0.653. The molecule has 1 aromatic carbocycles. The van der Waals surface area contributed by atoms with E-state index in [4.69, 9.17) is 9.47 Å². The first-order chi connectivity index (χ1) is 13.5. The number of rotatable bonds is 7. The maximum absolute atomic E-state index is 13.6. The molecule has 1 aliphatic heterocycles. The first-order valence-electron chi connectivity index (χ1n) is 8.73.